The van der Waals surface area contributed by atoms with E-state index in [1.807, 2.05) is 78.9 Å². The molecule has 0 saturated heterocycles. The molecule has 14 aromatic carbocycles. The second kappa shape index (κ2) is 21.5. The van der Waals surface area contributed by atoms with Crippen molar-refractivity contribution in [3.63, 3.8) is 0 Å². The Labute approximate surface area is 555 Å². The van der Waals surface area contributed by atoms with Gasteiger partial charge in [0, 0.05) is 82.4 Å². The van der Waals surface area contributed by atoms with E-state index in [1.165, 1.54) is 0 Å². The average molecular weight is 1280 g/mol. The Bertz CT molecular complexity index is 6240. The third-order valence-corrected chi connectivity index (χ3v) is 19.6. The molecule has 0 aliphatic rings. The molecule has 0 fully saturated rings. The topological polar surface area (TPSA) is 45.5 Å². The van der Waals surface area contributed by atoms with E-state index < -0.39 is 34.9 Å². The van der Waals surface area contributed by atoms with Gasteiger partial charge in [-0.15, -0.1) is 0 Å². The molecule has 0 bridgehead atoms. The highest BCUT2D eigenvalue weighted by molar-refractivity contribution is 6.17. The number of benzene rings is 14. The maximum atomic E-state index is 15.3. The van der Waals surface area contributed by atoms with E-state index >= 15 is 13.2 Å². The molecule has 5 aromatic heterocycles. The van der Waals surface area contributed by atoms with Crippen molar-refractivity contribution >= 4 is 109 Å². The summed E-state index contributed by atoms with van der Waals surface area (Å²) in [5, 5.41) is 10.5. The summed E-state index contributed by atoms with van der Waals surface area (Å²) in [4.78, 5) is 9.85. The maximum Gasteiger partial charge on any atom is 0.417 e. The van der Waals surface area contributed by atoms with Crippen LogP contribution < -0.4 is 0 Å². The van der Waals surface area contributed by atoms with Crippen molar-refractivity contribution in [1.29, 1.82) is 0 Å². The quantitative estimate of drug-likeness (QED) is 0.112. The summed E-state index contributed by atoms with van der Waals surface area (Å²) >= 11 is 0. The van der Waals surface area contributed by atoms with Crippen molar-refractivity contribution in [1.82, 2.24) is 28.2 Å². The Kier molecular flexibility index (Phi) is 12.5. The second-order valence-electron chi connectivity index (χ2n) is 25.1. The van der Waals surface area contributed by atoms with Crippen LogP contribution in [0.4, 0.5) is 26.3 Å². The van der Waals surface area contributed by atoms with Crippen LogP contribution in [0.5, 0.6) is 0 Å². The van der Waals surface area contributed by atoms with Crippen molar-refractivity contribution in [3.8, 4) is 67.6 Å². The molecule has 6 nitrogen and oxygen atoms in total. The minimum absolute atomic E-state index is 0.231. The summed E-state index contributed by atoms with van der Waals surface area (Å²) in [6.07, 6.45) is -10.0. The lowest BCUT2D eigenvalue weighted by molar-refractivity contribution is -0.141. The molecule has 98 heavy (non-hydrogen) atoms. The summed E-state index contributed by atoms with van der Waals surface area (Å²) in [6.45, 7) is 0. The molecule has 0 aliphatic heterocycles. The smallest absolute Gasteiger partial charge is 0.309 e. The summed E-state index contributed by atoms with van der Waals surface area (Å²) in [7, 11) is 0. The maximum absolute atomic E-state index is 15.3. The monoisotopic (exact) mass is 1280 g/mol. The van der Waals surface area contributed by atoms with Gasteiger partial charge in [0.15, 0.2) is 5.82 Å². The molecule has 19 rings (SSSR count). The van der Waals surface area contributed by atoms with E-state index in [1.54, 1.807) is 6.07 Å². The lowest BCUT2D eigenvalue weighted by Gasteiger charge is -2.19. The number of nitrogens with zero attached hydrogens (tertiary/aromatic N) is 6. The van der Waals surface area contributed by atoms with Crippen molar-refractivity contribution in [2.24, 2.45) is 0 Å². The Hall–Kier alpha value is -12.5. The van der Waals surface area contributed by atoms with Crippen LogP contribution in [0.25, 0.3) is 177 Å². The van der Waals surface area contributed by atoms with Crippen molar-refractivity contribution in [2.45, 2.75) is 12.4 Å². The first kappa shape index (κ1) is 57.0. The molecule has 12 heteroatoms. The lowest BCUT2D eigenvalue weighted by Crippen LogP contribution is -2.12. The van der Waals surface area contributed by atoms with Gasteiger partial charge in [0.1, 0.15) is 0 Å². The molecular weight excluding hydrogens is 1230 g/mol. The molecule has 0 aliphatic carbocycles. The SMILES string of the molecule is FC(F)(F)c1ccc(C(F)(F)F)c(-c2nc(-c3cc(-n4c5ccccc5c5cc(-c6ccc7c(c6)c6ccccc6n7-c6ccccc6)ccc54)cc(-n4c5ccccc5c5cc(-c6ccc7c(c6)c6ccccc6n7-c6ccccc6)ccc54)c3)c3c(ccc4ccccc43)n2)c1. The fourth-order valence-electron chi connectivity index (χ4n) is 15.3. The van der Waals surface area contributed by atoms with Crippen LogP contribution in [0, 0.1) is 0 Å². The summed E-state index contributed by atoms with van der Waals surface area (Å²) < 4.78 is 99.0. The van der Waals surface area contributed by atoms with Crippen LogP contribution in [0.1, 0.15) is 11.1 Å². The van der Waals surface area contributed by atoms with E-state index in [4.69, 9.17) is 9.97 Å². The Morgan fingerprint density at radius 3 is 1.05 bits per heavy atom. The first-order valence-electron chi connectivity index (χ1n) is 32.3. The molecule has 0 spiro atoms. The van der Waals surface area contributed by atoms with Crippen LogP contribution in [0.2, 0.25) is 0 Å². The van der Waals surface area contributed by atoms with Crippen LogP contribution >= 0.6 is 0 Å². The van der Waals surface area contributed by atoms with Gasteiger partial charge in [-0.3, -0.25) is 0 Å². The predicted molar refractivity (Wildman–Crippen MR) is 386 cm³/mol. The molecule has 0 atom stereocenters. The zero-order valence-corrected chi connectivity index (χ0v) is 51.8. The number of alkyl halides is 6. The van der Waals surface area contributed by atoms with Gasteiger partial charge in [0.2, 0.25) is 0 Å². The van der Waals surface area contributed by atoms with E-state index in [0.29, 0.717) is 45.9 Å². The molecule has 0 radical (unpaired) electrons. The van der Waals surface area contributed by atoms with E-state index in [-0.39, 0.29) is 11.2 Å². The number of hydrogen-bond acceptors (Lipinski definition) is 2. The Balaban J connectivity index is 0.856. The van der Waals surface area contributed by atoms with Crippen molar-refractivity contribution in [3.05, 3.63) is 314 Å². The zero-order chi connectivity index (χ0) is 65.7. The number of hydrogen-bond donors (Lipinski definition) is 0. The normalized spacial score (nSPS) is 12.4. The van der Waals surface area contributed by atoms with Crippen molar-refractivity contribution < 1.29 is 26.3 Å². The fourth-order valence-corrected chi connectivity index (χ4v) is 15.3. The highest BCUT2D eigenvalue weighted by Crippen LogP contribution is 2.46. The number of aromatic nitrogens is 6. The number of rotatable bonds is 8. The van der Waals surface area contributed by atoms with Gasteiger partial charge >= 0.3 is 12.4 Å². The third kappa shape index (κ3) is 8.90. The fraction of sp³-hybridized carbons (Fsp3) is 0.0233. The largest absolute Gasteiger partial charge is 0.417 e. The number of fused-ring (bicyclic) bond motifs is 15. The first-order valence-corrected chi connectivity index (χ1v) is 32.3. The van der Waals surface area contributed by atoms with Crippen LogP contribution in [0.3, 0.4) is 0 Å². The van der Waals surface area contributed by atoms with Gasteiger partial charge in [0.25, 0.3) is 0 Å². The molecule has 466 valence electrons. The van der Waals surface area contributed by atoms with Gasteiger partial charge in [0.05, 0.1) is 66.5 Å². The summed E-state index contributed by atoms with van der Waals surface area (Å²) in [6, 6.07) is 99.2. The van der Waals surface area contributed by atoms with E-state index in [9.17, 15) is 13.2 Å². The highest BCUT2D eigenvalue weighted by atomic mass is 19.4. The average Bonchev–Trinajstić information content (AvgIpc) is 1.47. The van der Waals surface area contributed by atoms with Crippen LogP contribution in [-0.4, -0.2) is 28.2 Å². The molecule has 19 aromatic rings. The summed E-state index contributed by atoms with van der Waals surface area (Å²) in [5.41, 5.74) is 13.2. The van der Waals surface area contributed by atoms with Crippen LogP contribution in [0.15, 0.2) is 303 Å². The van der Waals surface area contributed by atoms with E-state index in [2.05, 4.69) is 218 Å². The van der Waals surface area contributed by atoms with Gasteiger partial charge in [-0.2, -0.15) is 26.3 Å². The second-order valence-corrected chi connectivity index (χ2v) is 25.1. The minimum Gasteiger partial charge on any atom is -0.309 e. The predicted octanol–water partition coefficient (Wildman–Crippen LogP) is 23.9. The summed E-state index contributed by atoms with van der Waals surface area (Å²) in [5.74, 6) is -0.507. The molecule has 0 unspecified atom stereocenters. The lowest BCUT2D eigenvalue weighted by atomic mass is 9.97. The number of halogens is 6. The highest BCUT2D eigenvalue weighted by Gasteiger charge is 2.38. The van der Waals surface area contributed by atoms with E-state index in [0.717, 1.165) is 126 Å². The van der Waals surface area contributed by atoms with Gasteiger partial charge in [-0.1, -0.05) is 164 Å². The standard InChI is InChI=1S/C86H50F6N6/c87-85(88,89)57-36-37-72(86(90,91)92)71(49-57)84-93-73-38-31-51-17-7-8-22-62(51)82(73)83(94-84)56-43-60(97-76-29-15-11-25-65(76)69-47-54(34-41-80(69)97)52-32-39-78-67(45-52)63-23-9-13-27-74(63)95(78)58-18-3-1-4-19-58)50-61(44-56)98-77-30-16-12-26-66(77)70-48-55(35-42-81(70)98)53-33-40-79-68(46-53)64-24-10-14-28-75(64)96(79)59-20-5-2-6-21-59/h1-50H. The third-order valence-electron chi connectivity index (χ3n) is 19.6. The molecule has 0 N–H and O–H groups in total. The molecule has 0 saturated carbocycles. The zero-order valence-electron chi connectivity index (χ0n) is 51.8. The molecule has 5 heterocycles. The molecular formula is C86H50F6N6. The number of para-hydroxylation sites is 6. The Morgan fingerprint density at radius 1 is 0.255 bits per heavy atom. The van der Waals surface area contributed by atoms with Crippen molar-refractivity contribution in [2.75, 3.05) is 0 Å². The Morgan fingerprint density at radius 2 is 0.633 bits per heavy atom. The van der Waals surface area contributed by atoms with Gasteiger partial charge in [-0.25, -0.2) is 9.97 Å². The molecule has 0 amide bonds. The van der Waals surface area contributed by atoms with Gasteiger partial charge < -0.3 is 18.3 Å². The first-order chi connectivity index (χ1) is 47.9. The van der Waals surface area contributed by atoms with Crippen LogP contribution in [-0.2, 0) is 12.4 Å². The minimum atomic E-state index is -5.06. The van der Waals surface area contributed by atoms with Gasteiger partial charge in [-0.05, 0) is 173 Å².